The molecule has 0 spiro atoms. The van der Waals surface area contributed by atoms with Crippen molar-refractivity contribution in [3.63, 3.8) is 0 Å². The fraction of sp³-hybridized carbons (Fsp3) is 0.778. The smallest absolute Gasteiger partial charge is 0.329 e. The Morgan fingerprint density at radius 2 is 1.32 bits per heavy atom. The number of ether oxygens (including phenoxy) is 4. The molecule has 31 heavy (non-hydrogen) atoms. The molecule has 0 bridgehead atoms. The Hall–Kier alpha value is -2.32. The largest absolute Gasteiger partial charge is 0.480 e. The lowest BCUT2D eigenvalue weighted by atomic mass is 10.0. The number of rotatable bonds is 10. The third-order valence-corrected chi connectivity index (χ3v) is 3.07. The molecule has 1 aliphatic heterocycles. The van der Waals surface area contributed by atoms with Crippen molar-refractivity contribution in [2.45, 2.75) is 51.9 Å². The fourth-order valence-electron chi connectivity index (χ4n) is 1.98. The molecule has 1 aliphatic rings. The quantitative estimate of drug-likeness (QED) is 0.291. The molecule has 184 valence electrons. The summed E-state index contributed by atoms with van der Waals surface area (Å²) in [7, 11) is 1.34. The average molecular weight is 458 g/mol. The summed E-state index contributed by atoms with van der Waals surface area (Å²) in [4.78, 5) is 39.4. The highest BCUT2D eigenvalue weighted by atomic mass is 16.6. The zero-order valence-electron chi connectivity index (χ0n) is 18.2. The maximum Gasteiger partial charge on any atom is 0.329 e. The van der Waals surface area contributed by atoms with Crippen LogP contribution >= 0.6 is 0 Å². The minimum atomic E-state index is -1.19. The van der Waals surface area contributed by atoms with Gasteiger partial charge in [-0.3, -0.25) is 0 Å². The second-order valence-corrected chi connectivity index (χ2v) is 5.46. The van der Waals surface area contributed by atoms with Crippen molar-refractivity contribution in [1.82, 2.24) is 0 Å². The summed E-state index contributed by atoms with van der Waals surface area (Å²) in [5.74, 6) is -4.21. The van der Waals surface area contributed by atoms with Crippen LogP contribution < -0.4 is 0 Å². The van der Waals surface area contributed by atoms with Crippen LogP contribution in [0.2, 0.25) is 0 Å². The number of carboxylic acid groups (broad SMARTS) is 4. The summed E-state index contributed by atoms with van der Waals surface area (Å²) in [5, 5.41) is 39.9. The molecule has 0 amide bonds. The van der Waals surface area contributed by atoms with Gasteiger partial charge in [0.2, 0.25) is 0 Å². The molecule has 0 radical (unpaired) electrons. The summed E-state index contributed by atoms with van der Waals surface area (Å²) in [6, 6.07) is 0. The highest BCUT2D eigenvalue weighted by Crippen LogP contribution is 2.22. The van der Waals surface area contributed by atoms with Crippen molar-refractivity contribution in [1.29, 1.82) is 0 Å². The van der Waals surface area contributed by atoms with Crippen LogP contribution in [-0.2, 0) is 38.1 Å². The van der Waals surface area contributed by atoms with E-state index < -0.39 is 43.7 Å². The third kappa shape index (κ3) is 23.8. The Bertz CT molecular complexity index is 495. The molecular weight excluding hydrogens is 424 g/mol. The van der Waals surface area contributed by atoms with E-state index in [1.54, 1.807) is 0 Å². The van der Waals surface area contributed by atoms with Crippen LogP contribution in [0.5, 0.6) is 0 Å². The Labute approximate surface area is 180 Å². The van der Waals surface area contributed by atoms with E-state index in [1.807, 2.05) is 20.8 Å². The number of aliphatic hydroxyl groups is 1. The lowest BCUT2D eigenvalue weighted by Gasteiger charge is -2.35. The van der Waals surface area contributed by atoms with E-state index in [-0.39, 0.29) is 24.9 Å². The van der Waals surface area contributed by atoms with Crippen LogP contribution in [0.1, 0.15) is 33.6 Å². The summed E-state index contributed by atoms with van der Waals surface area (Å²) in [5.41, 5.74) is 0. The molecule has 1 fully saturated rings. The van der Waals surface area contributed by atoms with Crippen molar-refractivity contribution in [2.75, 3.05) is 40.1 Å². The monoisotopic (exact) mass is 458 g/mol. The Morgan fingerprint density at radius 3 is 1.65 bits per heavy atom. The molecule has 0 aromatic heterocycles. The van der Waals surface area contributed by atoms with Crippen molar-refractivity contribution in [2.24, 2.45) is 0 Å². The van der Waals surface area contributed by atoms with Crippen LogP contribution in [0.4, 0.5) is 0 Å². The maximum absolute atomic E-state index is 10.5. The van der Waals surface area contributed by atoms with Gasteiger partial charge in [0.1, 0.15) is 26.4 Å². The van der Waals surface area contributed by atoms with Crippen LogP contribution in [0, 0.1) is 0 Å². The van der Waals surface area contributed by atoms with Gasteiger partial charge >= 0.3 is 23.9 Å². The molecule has 3 atom stereocenters. The van der Waals surface area contributed by atoms with Gasteiger partial charge in [-0.15, -0.1) is 0 Å². The second kappa shape index (κ2) is 22.4. The van der Waals surface area contributed by atoms with E-state index in [0.29, 0.717) is 19.4 Å². The van der Waals surface area contributed by atoms with Gasteiger partial charge in [0, 0.05) is 13.5 Å². The normalized spacial score (nSPS) is 19.2. The average Bonchev–Trinajstić information content (AvgIpc) is 2.72. The molecule has 0 saturated carbocycles. The minimum Gasteiger partial charge on any atom is -0.480 e. The molecule has 1 saturated heterocycles. The van der Waals surface area contributed by atoms with Gasteiger partial charge in [-0.25, -0.2) is 19.2 Å². The molecule has 0 aliphatic carbocycles. The zero-order valence-corrected chi connectivity index (χ0v) is 18.2. The Balaban J connectivity index is -0.000000496. The van der Waals surface area contributed by atoms with Crippen LogP contribution in [0.15, 0.2) is 0 Å². The second-order valence-electron chi connectivity index (χ2n) is 5.46. The van der Waals surface area contributed by atoms with E-state index in [9.17, 15) is 14.4 Å². The predicted molar refractivity (Wildman–Crippen MR) is 105 cm³/mol. The highest BCUT2D eigenvalue weighted by molar-refractivity contribution is 5.68. The molecule has 13 heteroatoms. The van der Waals surface area contributed by atoms with Gasteiger partial charge in [0.15, 0.2) is 0 Å². The Kier molecular flexibility index (Phi) is 24.0. The standard InChI is InChI=1S/C11H18O7.C3H6O3.C2H4O3.C2H6/c1-2-8-9(18-6-11(14)15)3-7(4-17-8)16-5-10(12)13;1-6-2-3(4)5;3-1-2(4)5;1-2/h7-9H,2-6H2,1H3,(H,12,13)(H,14,15);2H2,1H3,(H,4,5);3H,1H2,(H,4,5);1-2H3/t7-,8+,9?;;;/m1.../s1. The summed E-state index contributed by atoms with van der Waals surface area (Å²) in [6.07, 6.45) is 0.227. The van der Waals surface area contributed by atoms with Crippen LogP contribution in [0.25, 0.3) is 0 Å². The topological polar surface area (TPSA) is 206 Å². The van der Waals surface area contributed by atoms with Gasteiger partial charge in [0.25, 0.3) is 0 Å². The third-order valence-electron chi connectivity index (χ3n) is 3.07. The first-order valence-electron chi connectivity index (χ1n) is 9.38. The summed E-state index contributed by atoms with van der Waals surface area (Å²) in [6.45, 7) is 4.45. The van der Waals surface area contributed by atoms with E-state index in [0.717, 1.165) is 0 Å². The molecule has 1 heterocycles. The van der Waals surface area contributed by atoms with Crippen LogP contribution in [0.3, 0.4) is 0 Å². The van der Waals surface area contributed by atoms with E-state index >= 15 is 0 Å². The molecule has 5 N–H and O–H groups in total. The van der Waals surface area contributed by atoms with Crippen LogP contribution in [-0.4, -0.2) is 108 Å². The lowest BCUT2D eigenvalue weighted by Crippen LogP contribution is -2.44. The zero-order chi connectivity index (χ0) is 24.8. The van der Waals surface area contributed by atoms with Crippen molar-refractivity contribution in [3.8, 4) is 0 Å². The van der Waals surface area contributed by atoms with Gasteiger partial charge in [-0.05, 0) is 6.42 Å². The van der Waals surface area contributed by atoms with E-state index in [2.05, 4.69) is 4.74 Å². The number of carboxylic acids is 4. The van der Waals surface area contributed by atoms with Crippen molar-refractivity contribution in [3.05, 3.63) is 0 Å². The maximum atomic E-state index is 10.5. The van der Waals surface area contributed by atoms with Gasteiger partial charge in [-0.2, -0.15) is 0 Å². The first-order valence-corrected chi connectivity index (χ1v) is 9.38. The molecule has 1 rings (SSSR count). The fourth-order valence-corrected chi connectivity index (χ4v) is 1.98. The number of carbonyl (C=O) groups is 4. The van der Waals surface area contributed by atoms with Crippen molar-refractivity contribution >= 4 is 23.9 Å². The van der Waals surface area contributed by atoms with Crippen molar-refractivity contribution < 1.29 is 63.7 Å². The van der Waals surface area contributed by atoms with E-state index in [1.165, 1.54) is 7.11 Å². The van der Waals surface area contributed by atoms with Gasteiger partial charge in [-0.1, -0.05) is 20.8 Å². The first-order chi connectivity index (χ1) is 14.6. The predicted octanol–water partition coefficient (Wildman–Crippen LogP) is -0.0682. The number of aliphatic carboxylic acids is 4. The highest BCUT2D eigenvalue weighted by Gasteiger charge is 2.32. The SMILES string of the molecule is CC.CC[C@@H]1OC[C@H](OCC(=O)O)CC1OCC(=O)O.COCC(=O)O.O=C(O)CO. The number of hydrogen-bond acceptors (Lipinski definition) is 9. The number of methoxy groups -OCH3 is 1. The molecular formula is C18H34O13. The van der Waals surface area contributed by atoms with E-state index in [4.69, 9.17) is 44.5 Å². The molecule has 13 nitrogen and oxygen atoms in total. The lowest BCUT2D eigenvalue weighted by molar-refractivity contribution is -0.175. The molecule has 0 aromatic rings. The van der Waals surface area contributed by atoms with Gasteiger partial charge < -0.3 is 44.5 Å². The molecule has 0 aromatic carbocycles. The summed E-state index contributed by atoms with van der Waals surface area (Å²) < 4.78 is 20.0. The minimum absolute atomic E-state index is 0.172. The Morgan fingerprint density at radius 1 is 0.871 bits per heavy atom. The van der Waals surface area contributed by atoms with Gasteiger partial charge in [0.05, 0.1) is 24.9 Å². The first kappa shape index (κ1) is 33.3. The summed E-state index contributed by atoms with van der Waals surface area (Å²) >= 11 is 0. The number of hydrogen-bond donors (Lipinski definition) is 5. The number of aliphatic hydroxyl groups excluding tert-OH is 1. The molecule has 1 unspecified atom stereocenters.